The molecule has 82 valence electrons. The zero-order valence-corrected chi connectivity index (χ0v) is 8.44. The Balaban J connectivity index is 1.75. The predicted molar refractivity (Wildman–Crippen MR) is 51.6 cm³/mol. The summed E-state index contributed by atoms with van der Waals surface area (Å²) in [7, 11) is 0. The summed E-state index contributed by atoms with van der Waals surface area (Å²) in [5.41, 5.74) is 0. The molecule has 0 radical (unpaired) electrons. The number of hydrogen-bond donors (Lipinski definition) is 1. The maximum absolute atomic E-state index is 12.9. The summed E-state index contributed by atoms with van der Waals surface area (Å²) in [4.78, 5) is 1.91. The highest BCUT2D eigenvalue weighted by molar-refractivity contribution is 4.84. The molecule has 0 unspecified atom stereocenters. The molecule has 0 aromatic carbocycles. The van der Waals surface area contributed by atoms with Gasteiger partial charge in [0.05, 0.1) is 6.54 Å². The van der Waals surface area contributed by atoms with Gasteiger partial charge in [-0.15, -0.1) is 0 Å². The second kappa shape index (κ2) is 4.11. The van der Waals surface area contributed by atoms with Gasteiger partial charge in [-0.3, -0.25) is 4.90 Å². The molecule has 1 atom stereocenters. The van der Waals surface area contributed by atoms with E-state index >= 15 is 0 Å². The Morgan fingerprint density at radius 1 is 1.43 bits per heavy atom. The van der Waals surface area contributed by atoms with Gasteiger partial charge in [0.15, 0.2) is 0 Å². The van der Waals surface area contributed by atoms with Crippen LogP contribution in [-0.4, -0.2) is 43.5 Å². The van der Waals surface area contributed by atoms with E-state index in [1.165, 1.54) is 12.8 Å². The molecule has 0 bridgehead atoms. The molecule has 0 saturated carbocycles. The molecule has 4 heteroatoms. The Morgan fingerprint density at radius 3 is 2.86 bits per heavy atom. The largest absolute Gasteiger partial charge is 0.316 e. The molecule has 2 nitrogen and oxygen atoms in total. The van der Waals surface area contributed by atoms with Gasteiger partial charge >= 0.3 is 0 Å². The fourth-order valence-corrected chi connectivity index (χ4v) is 2.41. The van der Waals surface area contributed by atoms with E-state index < -0.39 is 5.92 Å². The number of nitrogens with zero attached hydrogens (tertiary/aromatic N) is 1. The van der Waals surface area contributed by atoms with Crippen molar-refractivity contribution in [2.75, 3.05) is 32.7 Å². The van der Waals surface area contributed by atoms with Gasteiger partial charge in [0.25, 0.3) is 5.92 Å². The Hall–Kier alpha value is -0.220. The van der Waals surface area contributed by atoms with Crippen LogP contribution in [0.15, 0.2) is 0 Å². The summed E-state index contributed by atoms with van der Waals surface area (Å²) >= 11 is 0. The molecule has 0 aromatic heterocycles. The quantitative estimate of drug-likeness (QED) is 0.730. The molecule has 2 saturated heterocycles. The molecule has 1 N–H and O–H groups in total. The van der Waals surface area contributed by atoms with E-state index in [1.807, 2.05) is 4.90 Å². The lowest BCUT2D eigenvalue weighted by Gasteiger charge is -2.27. The van der Waals surface area contributed by atoms with Crippen molar-refractivity contribution in [1.82, 2.24) is 10.2 Å². The van der Waals surface area contributed by atoms with E-state index in [-0.39, 0.29) is 13.0 Å². The van der Waals surface area contributed by atoms with Crippen LogP contribution in [0.1, 0.15) is 19.3 Å². The standard InChI is InChI=1S/C10H18F2N2/c11-10(12)3-5-14(8-10)7-9-2-1-4-13-6-9/h9,13H,1-8H2/t9-/m0/s1. The molecule has 0 aliphatic carbocycles. The van der Waals surface area contributed by atoms with Crippen molar-refractivity contribution < 1.29 is 8.78 Å². The normalized spacial score (nSPS) is 33.4. The predicted octanol–water partition coefficient (Wildman–Crippen LogP) is 1.33. The summed E-state index contributed by atoms with van der Waals surface area (Å²) in [5, 5.41) is 3.32. The first kappa shape index (κ1) is 10.3. The first-order valence-electron chi connectivity index (χ1n) is 5.47. The first-order chi connectivity index (χ1) is 6.66. The molecular weight excluding hydrogens is 186 g/mol. The van der Waals surface area contributed by atoms with E-state index in [0.29, 0.717) is 12.5 Å². The van der Waals surface area contributed by atoms with E-state index in [2.05, 4.69) is 5.32 Å². The minimum Gasteiger partial charge on any atom is -0.316 e. The monoisotopic (exact) mass is 204 g/mol. The molecule has 2 aliphatic heterocycles. The van der Waals surface area contributed by atoms with Crippen LogP contribution in [0.5, 0.6) is 0 Å². The van der Waals surface area contributed by atoms with Crippen LogP contribution in [0.25, 0.3) is 0 Å². The summed E-state index contributed by atoms with van der Waals surface area (Å²) in [5.74, 6) is -1.85. The van der Waals surface area contributed by atoms with Crippen molar-refractivity contribution in [2.24, 2.45) is 5.92 Å². The van der Waals surface area contributed by atoms with E-state index in [4.69, 9.17) is 0 Å². The van der Waals surface area contributed by atoms with Crippen LogP contribution in [0.3, 0.4) is 0 Å². The van der Waals surface area contributed by atoms with E-state index in [9.17, 15) is 8.78 Å². The van der Waals surface area contributed by atoms with E-state index in [0.717, 1.165) is 19.6 Å². The molecule has 2 heterocycles. The lowest BCUT2D eigenvalue weighted by Crippen LogP contribution is -2.38. The average molecular weight is 204 g/mol. The highest BCUT2D eigenvalue weighted by Gasteiger charge is 2.38. The van der Waals surface area contributed by atoms with Crippen LogP contribution in [0, 0.1) is 5.92 Å². The maximum Gasteiger partial charge on any atom is 0.261 e. The summed E-state index contributed by atoms with van der Waals surface area (Å²) < 4.78 is 25.8. The second-order valence-electron chi connectivity index (χ2n) is 4.55. The number of rotatable bonds is 2. The van der Waals surface area contributed by atoms with Gasteiger partial charge in [-0.05, 0) is 31.8 Å². The molecule has 2 fully saturated rings. The zero-order valence-electron chi connectivity index (χ0n) is 8.44. The molecule has 14 heavy (non-hydrogen) atoms. The van der Waals surface area contributed by atoms with Gasteiger partial charge in [-0.2, -0.15) is 0 Å². The number of hydrogen-bond acceptors (Lipinski definition) is 2. The fraction of sp³-hybridized carbons (Fsp3) is 1.00. The highest BCUT2D eigenvalue weighted by Crippen LogP contribution is 2.27. The Morgan fingerprint density at radius 2 is 2.29 bits per heavy atom. The van der Waals surface area contributed by atoms with Crippen LogP contribution in [-0.2, 0) is 0 Å². The lowest BCUT2D eigenvalue weighted by atomic mass is 9.99. The van der Waals surface area contributed by atoms with E-state index in [1.54, 1.807) is 0 Å². The van der Waals surface area contributed by atoms with Gasteiger partial charge in [0, 0.05) is 19.5 Å². The Labute approximate surface area is 83.7 Å². The number of alkyl halides is 2. The van der Waals surface area contributed by atoms with Crippen molar-refractivity contribution >= 4 is 0 Å². The number of nitrogens with one attached hydrogen (secondary N) is 1. The van der Waals surface area contributed by atoms with Crippen molar-refractivity contribution in [3.63, 3.8) is 0 Å². The third-order valence-corrected chi connectivity index (χ3v) is 3.16. The zero-order chi connectivity index (χ0) is 10.0. The molecule has 2 aliphatic rings. The van der Waals surface area contributed by atoms with Crippen molar-refractivity contribution in [3.05, 3.63) is 0 Å². The summed E-state index contributed by atoms with van der Waals surface area (Å²) in [6.45, 7) is 3.49. The van der Waals surface area contributed by atoms with Crippen molar-refractivity contribution in [3.8, 4) is 0 Å². The van der Waals surface area contributed by atoms with Gasteiger partial charge < -0.3 is 5.32 Å². The van der Waals surface area contributed by atoms with Gasteiger partial charge in [0.1, 0.15) is 0 Å². The lowest BCUT2D eigenvalue weighted by molar-refractivity contribution is 0.0105. The Kier molecular flexibility index (Phi) is 3.02. The Bertz CT molecular complexity index is 191. The minimum atomic E-state index is -2.43. The SMILES string of the molecule is FC1(F)CCN(C[C@H]2CCCNC2)C1. The topological polar surface area (TPSA) is 15.3 Å². The van der Waals surface area contributed by atoms with Gasteiger partial charge in [-0.25, -0.2) is 8.78 Å². The number of halogens is 2. The molecule has 0 amide bonds. The van der Waals surface area contributed by atoms with Gasteiger partial charge in [-0.1, -0.05) is 0 Å². The van der Waals surface area contributed by atoms with Crippen LogP contribution >= 0.6 is 0 Å². The molecule has 0 aromatic rings. The van der Waals surface area contributed by atoms with Gasteiger partial charge in [0.2, 0.25) is 0 Å². The maximum atomic E-state index is 12.9. The van der Waals surface area contributed by atoms with Crippen LogP contribution < -0.4 is 5.32 Å². The highest BCUT2D eigenvalue weighted by atomic mass is 19.3. The van der Waals surface area contributed by atoms with Crippen LogP contribution in [0.2, 0.25) is 0 Å². The first-order valence-corrected chi connectivity index (χ1v) is 5.47. The second-order valence-corrected chi connectivity index (χ2v) is 4.55. The smallest absolute Gasteiger partial charge is 0.261 e. The molecule has 0 spiro atoms. The number of likely N-dealkylation sites (tertiary alicyclic amines) is 1. The third kappa shape index (κ3) is 2.64. The summed E-state index contributed by atoms with van der Waals surface area (Å²) in [6, 6.07) is 0. The number of piperidine rings is 1. The molecule has 2 rings (SSSR count). The average Bonchev–Trinajstić information content (AvgIpc) is 2.47. The summed E-state index contributed by atoms with van der Waals surface area (Å²) in [6.07, 6.45) is 2.43. The van der Waals surface area contributed by atoms with Crippen LogP contribution in [0.4, 0.5) is 8.78 Å². The van der Waals surface area contributed by atoms with Crippen molar-refractivity contribution in [2.45, 2.75) is 25.2 Å². The minimum absolute atomic E-state index is 0.0243. The van der Waals surface area contributed by atoms with Crippen molar-refractivity contribution in [1.29, 1.82) is 0 Å². The third-order valence-electron chi connectivity index (χ3n) is 3.16. The molecular formula is C10H18F2N2. The fourth-order valence-electron chi connectivity index (χ4n) is 2.41.